The van der Waals surface area contributed by atoms with Crippen LogP contribution in [0.3, 0.4) is 0 Å². The van der Waals surface area contributed by atoms with Gasteiger partial charge in [-0.1, -0.05) is 19.9 Å². The molecule has 0 unspecified atom stereocenters. The molecule has 1 amide bonds. The smallest absolute Gasteiger partial charge is 0.275 e. The second-order valence-corrected chi connectivity index (χ2v) is 6.64. The van der Waals surface area contributed by atoms with E-state index >= 15 is 0 Å². The van der Waals surface area contributed by atoms with Crippen molar-refractivity contribution < 1.29 is 14.3 Å². The second kappa shape index (κ2) is 7.83. The van der Waals surface area contributed by atoms with E-state index in [9.17, 15) is 4.79 Å². The quantitative estimate of drug-likeness (QED) is 0.907. The van der Waals surface area contributed by atoms with Crippen LogP contribution in [0.5, 0.6) is 5.75 Å². The van der Waals surface area contributed by atoms with Crippen LogP contribution in [0.2, 0.25) is 0 Å². The summed E-state index contributed by atoms with van der Waals surface area (Å²) in [4.78, 5) is 20.7. The summed E-state index contributed by atoms with van der Waals surface area (Å²) in [6, 6.07) is 8.90. The lowest BCUT2D eigenvalue weighted by molar-refractivity contribution is -0.191. The first kappa shape index (κ1) is 18.3. The van der Waals surface area contributed by atoms with E-state index in [2.05, 4.69) is 15.3 Å². The van der Waals surface area contributed by atoms with Gasteiger partial charge in [0.25, 0.3) is 5.91 Å². The number of aromatic nitrogens is 2. The molecule has 1 aliphatic heterocycles. The minimum Gasteiger partial charge on any atom is -0.490 e. The summed E-state index contributed by atoms with van der Waals surface area (Å²) in [5.74, 6) is 0.896. The van der Waals surface area contributed by atoms with Crippen molar-refractivity contribution in [2.45, 2.75) is 39.7 Å². The molecule has 138 valence electrons. The molecule has 26 heavy (non-hydrogen) atoms. The van der Waals surface area contributed by atoms with Gasteiger partial charge in [0.15, 0.2) is 0 Å². The Balaban J connectivity index is 0.000000948. The Morgan fingerprint density at radius 3 is 2.65 bits per heavy atom. The van der Waals surface area contributed by atoms with Crippen molar-refractivity contribution in [1.29, 1.82) is 0 Å². The number of hydrogen-bond acceptors (Lipinski definition) is 5. The number of carbonyl (C=O) groups is 1. The molecule has 2 aromatic heterocycles. The Bertz CT molecular complexity index is 752. The van der Waals surface area contributed by atoms with E-state index in [1.165, 1.54) is 0 Å². The van der Waals surface area contributed by atoms with Crippen molar-refractivity contribution in [3.05, 3.63) is 47.9 Å². The topological polar surface area (TPSA) is 73.3 Å². The standard InChI is InChI=1S/C18H19N3O3.C2H6/c1-12-6-13(24-14-8-18(9-14)10-23-11-18)7-15(20-12)17(22)21-16-4-2-3-5-19-16;1-2/h2-7,14H,8-11H2,1H3,(H,19,21,22);1-2H3. The molecule has 0 aromatic carbocycles. The Hall–Kier alpha value is -2.47. The van der Waals surface area contributed by atoms with E-state index in [-0.39, 0.29) is 12.0 Å². The zero-order valence-corrected chi connectivity index (χ0v) is 15.5. The van der Waals surface area contributed by atoms with Crippen molar-refractivity contribution in [2.75, 3.05) is 18.5 Å². The molecular formula is C20H25N3O3. The number of pyridine rings is 2. The van der Waals surface area contributed by atoms with Crippen LogP contribution in [-0.2, 0) is 4.74 Å². The van der Waals surface area contributed by atoms with Crippen LogP contribution in [0.1, 0.15) is 42.9 Å². The maximum Gasteiger partial charge on any atom is 0.275 e. The first-order valence-electron chi connectivity index (χ1n) is 9.07. The van der Waals surface area contributed by atoms with E-state index in [1.807, 2.05) is 32.9 Å². The van der Waals surface area contributed by atoms with Gasteiger partial charge in [-0.25, -0.2) is 9.97 Å². The summed E-state index contributed by atoms with van der Waals surface area (Å²) < 4.78 is 11.3. The number of nitrogens with one attached hydrogen (secondary N) is 1. The molecule has 0 radical (unpaired) electrons. The van der Waals surface area contributed by atoms with Gasteiger partial charge in [-0.15, -0.1) is 0 Å². The van der Waals surface area contributed by atoms with Gasteiger partial charge < -0.3 is 14.8 Å². The van der Waals surface area contributed by atoms with Gasteiger partial charge >= 0.3 is 0 Å². The number of amides is 1. The molecule has 0 bridgehead atoms. The van der Waals surface area contributed by atoms with Crippen LogP contribution in [0, 0.1) is 12.3 Å². The van der Waals surface area contributed by atoms with Gasteiger partial charge in [0, 0.05) is 29.4 Å². The Morgan fingerprint density at radius 2 is 2.04 bits per heavy atom. The highest BCUT2D eigenvalue weighted by molar-refractivity contribution is 6.02. The summed E-state index contributed by atoms with van der Waals surface area (Å²) in [7, 11) is 0. The van der Waals surface area contributed by atoms with E-state index in [1.54, 1.807) is 24.4 Å². The predicted octanol–water partition coefficient (Wildman–Crippen LogP) is 3.62. The van der Waals surface area contributed by atoms with Crippen molar-refractivity contribution in [3.63, 3.8) is 0 Å². The van der Waals surface area contributed by atoms with Crippen molar-refractivity contribution in [1.82, 2.24) is 9.97 Å². The predicted molar refractivity (Wildman–Crippen MR) is 99.4 cm³/mol. The van der Waals surface area contributed by atoms with Crippen LogP contribution < -0.4 is 10.1 Å². The minimum absolute atomic E-state index is 0.197. The van der Waals surface area contributed by atoms with Crippen LogP contribution in [0.4, 0.5) is 5.82 Å². The number of carbonyl (C=O) groups excluding carboxylic acids is 1. The Kier molecular flexibility index (Phi) is 5.52. The van der Waals surface area contributed by atoms with Crippen LogP contribution in [-0.4, -0.2) is 35.2 Å². The maximum absolute atomic E-state index is 12.4. The highest BCUT2D eigenvalue weighted by atomic mass is 16.5. The highest BCUT2D eigenvalue weighted by Gasteiger charge is 2.51. The van der Waals surface area contributed by atoms with Gasteiger partial charge in [0.1, 0.15) is 23.4 Å². The minimum atomic E-state index is -0.292. The molecule has 4 rings (SSSR count). The van der Waals surface area contributed by atoms with Crippen LogP contribution in [0.25, 0.3) is 0 Å². The lowest BCUT2D eigenvalue weighted by Gasteiger charge is -2.52. The monoisotopic (exact) mass is 355 g/mol. The molecule has 2 aliphatic rings. The molecule has 1 N–H and O–H groups in total. The van der Waals surface area contributed by atoms with Crippen molar-refractivity contribution in [2.24, 2.45) is 5.41 Å². The zero-order chi connectivity index (χ0) is 18.6. The van der Waals surface area contributed by atoms with E-state index in [0.717, 1.165) is 31.7 Å². The molecule has 2 fully saturated rings. The fourth-order valence-corrected chi connectivity index (χ4v) is 3.25. The molecule has 1 spiro atoms. The maximum atomic E-state index is 12.4. The van der Waals surface area contributed by atoms with Gasteiger partial charge in [-0.3, -0.25) is 4.79 Å². The number of anilines is 1. The third-order valence-electron chi connectivity index (χ3n) is 4.51. The normalized spacial score (nSPS) is 17.3. The molecule has 0 atom stereocenters. The van der Waals surface area contributed by atoms with Gasteiger partial charge in [-0.2, -0.15) is 0 Å². The van der Waals surface area contributed by atoms with E-state index in [0.29, 0.717) is 22.7 Å². The third kappa shape index (κ3) is 4.02. The molecule has 1 saturated carbocycles. The lowest BCUT2D eigenvalue weighted by atomic mass is 9.65. The van der Waals surface area contributed by atoms with Crippen LogP contribution in [0.15, 0.2) is 36.5 Å². The molecule has 3 heterocycles. The van der Waals surface area contributed by atoms with Crippen molar-refractivity contribution in [3.8, 4) is 5.75 Å². The number of hydrogen-bond donors (Lipinski definition) is 1. The van der Waals surface area contributed by atoms with E-state index < -0.39 is 0 Å². The number of ether oxygens (including phenoxy) is 2. The lowest BCUT2D eigenvalue weighted by Crippen LogP contribution is -2.56. The second-order valence-electron chi connectivity index (χ2n) is 6.64. The fourth-order valence-electron chi connectivity index (χ4n) is 3.25. The number of rotatable bonds is 4. The highest BCUT2D eigenvalue weighted by Crippen LogP contribution is 2.48. The summed E-state index contributed by atoms with van der Waals surface area (Å²) >= 11 is 0. The SMILES string of the molecule is CC.Cc1cc(OC2CC3(COC3)C2)cc(C(=O)Nc2ccccn2)n1. The Labute approximate surface area is 154 Å². The molecule has 2 aromatic rings. The van der Waals surface area contributed by atoms with Crippen molar-refractivity contribution >= 4 is 11.7 Å². The van der Waals surface area contributed by atoms with Gasteiger partial charge in [0.2, 0.25) is 0 Å². The number of nitrogens with zero attached hydrogens (tertiary/aromatic N) is 2. The number of aryl methyl sites for hydroxylation is 1. The molecule has 6 nitrogen and oxygen atoms in total. The summed E-state index contributed by atoms with van der Waals surface area (Å²) in [6.07, 6.45) is 3.86. The van der Waals surface area contributed by atoms with Gasteiger partial charge in [-0.05, 0) is 31.9 Å². The summed E-state index contributed by atoms with van der Waals surface area (Å²) in [5, 5.41) is 2.74. The molecular weight excluding hydrogens is 330 g/mol. The fraction of sp³-hybridized carbons (Fsp3) is 0.450. The van der Waals surface area contributed by atoms with Gasteiger partial charge in [0.05, 0.1) is 13.2 Å². The average molecular weight is 355 g/mol. The molecule has 1 saturated heterocycles. The first-order chi connectivity index (χ1) is 12.6. The van der Waals surface area contributed by atoms with Crippen LogP contribution >= 0.6 is 0 Å². The zero-order valence-electron chi connectivity index (χ0n) is 15.5. The molecule has 6 heteroatoms. The summed E-state index contributed by atoms with van der Waals surface area (Å²) in [6.45, 7) is 7.55. The summed E-state index contributed by atoms with van der Waals surface area (Å²) in [5.41, 5.74) is 1.43. The average Bonchev–Trinajstić information content (AvgIpc) is 2.58. The van der Waals surface area contributed by atoms with E-state index in [4.69, 9.17) is 9.47 Å². The largest absolute Gasteiger partial charge is 0.490 e. The molecule has 1 aliphatic carbocycles. The Morgan fingerprint density at radius 1 is 1.27 bits per heavy atom. The first-order valence-corrected chi connectivity index (χ1v) is 9.07. The third-order valence-corrected chi connectivity index (χ3v) is 4.51.